The number of rotatable bonds is 4. The van der Waals surface area contributed by atoms with Crippen molar-refractivity contribution in [3.05, 3.63) is 23.8 Å². The van der Waals surface area contributed by atoms with Gasteiger partial charge in [-0.25, -0.2) is 0 Å². The quantitative estimate of drug-likeness (QED) is 0.783. The van der Waals surface area contributed by atoms with E-state index in [1.165, 1.54) is 0 Å². The molecule has 0 fully saturated rings. The number of hydrogen-bond acceptors (Lipinski definition) is 3. The third-order valence-electron chi connectivity index (χ3n) is 2.76. The molecule has 1 amide bonds. The maximum atomic E-state index is 11.9. The first kappa shape index (κ1) is 13.4. The average molecular weight is 235 g/mol. The van der Waals surface area contributed by atoms with Gasteiger partial charge in [-0.3, -0.25) is 4.79 Å². The molecule has 17 heavy (non-hydrogen) atoms. The van der Waals surface area contributed by atoms with Crippen molar-refractivity contribution in [2.75, 3.05) is 24.2 Å². The van der Waals surface area contributed by atoms with Gasteiger partial charge < -0.3 is 16.0 Å². The van der Waals surface area contributed by atoms with Gasteiger partial charge in [0.1, 0.15) is 0 Å². The Bertz CT molecular complexity index is 402. The molecule has 1 aromatic rings. The average Bonchev–Trinajstić information content (AvgIpc) is 2.28. The van der Waals surface area contributed by atoms with Gasteiger partial charge in [-0.1, -0.05) is 0 Å². The predicted molar refractivity (Wildman–Crippen MR) is 72.4 cm³/mol. The minimum absolute atomic E-state index is 0.0602. The van der Waals surface area contributed by atoms with Gasteiger partial charge in [0.15, 0.2) is 0 Å². The topological polar surface area (TPSA) is 58.4 Å². The Balaban J connectivity index is 3.16. The number of amides is 1. The normalized spacial score (nSPS) is 10.4. The summed E-state index contributed by atoms with van der Waals surface area (Å²) in [4.78, 5) is 14.0. The van der Waals surface area contributed by atoms with E-state index < -0.39 is 0 Å². The van der Waals surface area contributed by atoms with E-state index in [0.717, 1.165) is 5.69 Å². The van der Waals surface area contributed by atoms with Crippen molar-refractivity contribution in [1.29, 1.82) is 0 Å². The van der Waals surface area contributed by atoms with Crippen molar-refractivity contribution < 1.29 is 4.79 Å². The van der Waals surface area contributed by atoms with Crippen molar-refractivity contribution in [3.63, 3.8) is 0 Å². The molecular formula is C13H21N3O. The molecule has 0 aliphatic carbocycles. The fraction of sp³-hybridized carbons (Fsp3) is 0.462. The van der Waals surface area contributed by atoms with Crippen molar-refractivity contribution in [3.8, 4) is 0 Å². The number of carbonyl (C=O) groups excluding carboxylic acids is 1. The second-order valence-electron chi connectivity index (χ2n) is 4.34. The first-order valence-corrected chi connectivity index (χ1v) is 5.88. The summed E-state index contributed by atoms with van der Waals surface area (Å²) in [5.41, 5.74) is 7.98. The number of nitrogens with one attached hydrogen (secondary N) is 1. The number of carbonyl (C=O) groups is 1. The second-order valence-corrected chi connectivity index (χ2v) is 4.34. The van der Waals surface area contributed by atoms with Crippen LogP contribution in [0.5, 0.6) is 0 Å². The van der Waals surface area contributed by atoms with Crippen LogP contribution in [0.1, 0.15) is 31.1 Å². The fourth-order valence-corrected chi connectivity index (χ4v) is 1.57. The Morgan fingerprint density at radius 2 is 2.12 bits per heavy atom. The third-order valence-corrected chi connectivity index (χ3v) is 2.76. The van der Waals surface area contributed by atoms with Gasteiger partial charge in [0.25, 0.3) is 5.91 Å². The minimum atomic E-state index is -0.0602. The van der Waals surface area contributed by atoms with Crippen LogP contribution in [-0.2, 0) is 0 Å². The van der Waals surface area contributed by atoms with Crippen LogP contribution in [-0.4, -0.2) is 25.5 Å². The Morgan fingerprint density at radius 3 is 2.65 bits per heavy atom. The molecule has 94 valence electrons. The molecule has 0 bridgehead atoms. The molecular weight excluding hydrogens is 214 g/mol. The Morgan fingerprint density at radius 1 is 1.47 bits per heavy atom. The summed E-state index contributed by atoms with van der Waals surface area (Å²) in [7, 11) is 1.96. The lowest BCUT2D eigenvalue weighted by Crippen LogP contribution is -2.30. The van der Waals surface area contributed by atoms with E-state index in [-0.39, 0.29) is 5.91 Å². The number of hydrogen-bond donors (Lipinski definition) is 2. The zero-order chi connectivity index (χ0) is 13.0. The van der Waals surface area contributed by atoms with Crippen molar-refractivity contribution in [2.24, 2.45) is 0 Å². The molecule has 0 aliphatic heterocycles. The number of nitrogens with two attached hydrogens (primary N) is 1. The number of nitrogens with zero attached hydrogens (tertiary/aromatic N) is 1. The van der Waals surface area contributed by atoms with E-state index in [2.05, 4.69) is 19.2 Å². The molecule has 0 aromatic heterocycles. The summed E-state index contributed by atoms with van der Waals surface area (Å²) >= 11 is 0. The minimum Gasteiger partial charge on any atom is -0.399 e. The standard InChI is InChI=1S/C13H21N3O/c1-5-15-13(17)11-7-6-10(14)8-12(11)16(4)9(2)3/h6-9H,5,14H2,1-4H3,(H,15,17). The van der Waals surface area contributed by atoms with Gasteiger partial charge in [0.2, 0.25) is 0 Å². The second kappa shape index (κ2) is 5.57. The van der Waals surface area contributed by atoms with Crippen LogP contribution in [0.15, 0.2) is 18.2 Å². The Labute approximate surface area is 103 Å². The molecule has 1 rings (SSSR count). The van der Waals surface area contributed by atoms with E-state index in [4.69, 9.17) is 5.73 Å². The Hall–Kier alpha value is -1.71. The molecule has 4 heteroatoms. The van der Waals surface area contributed by atoms with Crippen LogP contribution in [0, 0.1) is 0 Å². The van der Waals surface area contributed by atoms with Gasteiger partial charge in [-0.05, 0) is 39.0 Å². The van der Waals surface area contributed by atoms with Gasteiger partial charge in [-0.2, -0.15) is 0 Å². The molecule has 3 N–H and O–H groups in total. The lowest BCUT2D eigenvalue weighted by atomic mass is 10.1. The van der Waals surface area contributed by atoms with Gasteiger partial charge in [0, 0.05) is 25.3 Å². The van der Waals surface area contributed by atoms with Crippen LogP contribution in [0.4, 0.5) is 11.4 Å². The van der Waals surface area contributed by atoms with Gasteiger partial charge in [-0.15, -0.1) is 0 Å². The zero-order valence-corrected chi connectivity index (χ0v) is 10.9. The summed E-state index contributed by atoms with van der Waals surface area (Å²) in [5.74, 6) is -0.0602. The maximum absolute atomic E-state index is 11.9. The number of nitrogen functional groups attached to an aromatic ring is 1. The van der Waals surface area contributed by atoms with Gasteiger partial charge in [0.05, 0.1) is 11.3 Å². The monoisotopic (exact) mass is 235 g/mol. The first-order valence-electron chi connectivity index (χ1n) is 5.88. The summed E-state index contributed by atoms with van der Waals surface area (Å²) in [5, 5.41) is 2.81. The van der Waals surface area contributed by atoms with Crippen LogP contribution in [0.3, 0.4) is 0 Å². The molecule has 0 heterocycles. The number of anilines is 2. The molecule has 0 saturated heterocycles. The van der Waals surface area contributed by atoms with Crippen molar-refractivity contribution in [1.82, 2.24) is 5.32 Å². The predicted octanol–water partition coefficient (Wildman–Crippen LogP) is 1.86. The third kappa shape index (κ3) is 3.12. The first-order chi connectivity index (χ1) is 7.97. The van der Waals surface area contributed by atoms with Crippen molar-refractivity contribution in [2.45, 2.75) is 26.8 Å². The maximum Gasteiger partial charge on any atom is 0.253 e. The highest BCUT2D eigenvalue weighted by Gasteiger charge is 2.15. The highest BCUT2D eigenvalue weighted by atomic mass is 16.1. The van der Waals surface area contributed by atoms with E-state index >= 15 is 0 Å². The van der Waals surface area contributed by atoms with Crippen LogP contribution in [0.25, 0.3) is 0 Å². The van der Waals surface area contributed by atoms with E-state index in [1.54, 1.807) is 12.1 Å². The highest BCUT2D eigenvalue weighted by Crippen LogP contribution is 2.24. The SMILES string of the molecule is CCNC(=O)c1ccc(N)cc1N(C)C(C)C. The Kier molecular flexibility index (Phi) is 4.37. The van der Waals surface area contributed by atoms with Gasteiger partial charge >= 0.3 is 0 Å². The van der Waals surface area contributed by atoms with Crippen molar-refractivity contribution >= 4 is 17.3 Å². The molecule has 4 nitrogen and oxygen atoms in total. The number of benzene rings is 1. The fourth-order valence-electron chi connectivity index (χ4n) is 1.57. The van der Waals surface area contributed by atoms with E-state index in [9.17, 15) is 4.79 Å². The lowest BCUT2D eigenvalue weighted by molar-refractivity contribution is 0.0956. The summed E-state index contributed by atoms with van der Waals surface area (Å²) in [6.45, 7) is 6.67. The smallest absolute Gasteiger partial charge is 0.253 e. The highest BCUT2D eigenvalue weighted by molar-refractivity contribution is 6.00. The largest absolute Gasteiger partial charge is 0.399 e. The van der Waals surface area contributed by atoms with Crippen LogP contribution >= 0.6 is 0 Å². The summed E-state index contributed by atoms with van der Waals surface area (Å²) < 4.78 is 0. The molecule has 0 radical (unpaired) electrons. The van der Waals surface area contributed by atoms with Crippen LogP contribution < -0.4 is 16.0 Å². The molecule has 0 unspecified atom stereocenters. The van der Waals surface area contributed by atoms with E-state index in [0.29, 0.717) is 23.8 Å². The molecule has 0 atom stereocenters. The molecule has 0 saturated carbocycles. The summed E-state index contributed by atoms with van der Waals surface area (Å²) in [6, 6.07) is 5.67. The molecule has 0 spiro atoms. The van der Waals surface area contributed by atoms with Crippen LogP contribution in [0.2, 0.25) is 0 Å². The molecule has 1 aromatic carbocycles. The zero-order valence-electron chi connectivity index (χ0n) is 10.9. The van der Waals surface area contributed by atoms with E-state index in [1.807, 2.05) is 24.9 Å². The summed E-state index contributed by atoms with van der Waals surface area (Å²) in [6.07, 6.45) is 0. The molecule has 0 aliphatic rings. The lowest BCUT2D eigenvalue weighted by Gasteiger charge is -2.26.